The average Bonchev–Trinajstić information content (AvgIpc) is 2.68. The molecule has 0 radical (unpaired) electrons. The average molecular weight is 364 g/mol. The largest absolute Gasteiger partial charge is 0.489 e. The van der Waals surface area contributed by atoms with Gasteiger partial charge in [0.25, 0.3) is 0 Å². The Morgan fingerprint density at radius 3 is 2.67 bits per heavy atom. The molecule has 0 amide bonds. The highest BCUT2D eigenvalue weighted by molar-refractivity contribution is 5.62. The first-order chi connectivity index (χ1) is 13.1. The molecule has 0 atom stereocenters. The highest BCUT2D eigenvalue weighted by Crippen LogP contribution is 2.27. The van der Waals surface area contributed by atoms with Gasteiger partial charge in [0, 0.05) is 26.0 Å². The number of para-hydroxylation sites is 2. The van der Waals surface area contributed by atoms with Crippen molar-refractivity contribution in [1.82, 2.24) is 20.2 Å². The Bertz CT molecular complexity index is 856. The first-order valence-electron chi connectivity index (χ1n) is 8.94. The molecule has 7 nitrogen and oxygen atoms in total. The number of likely N-dealkylation sites (N-methyl/N-ethyl adjacent to an activating group) is 1. The van der Waals surface area contributed by atoms with Crippen LogP contribution in [0.3, 0.4) is 0 Å². The number of anilines is 3. The number of aromatic nitrogens is 4. The van der Waals surface area contributed by atoms with Crippen molar-refractivity contribution in [3.05, 3.63) is 60.6 Å². The number of benzene rings is 1. The van der Waals surface area contributed by atoms with Crippen LogP contribution in [0.15, 0.2) is 55.0 Å². The molecule has 0 bridgehead atoms. The lowest BCUT2D eigenvalue weighted by molar-refractivity contribution is 0.244. The molecule has 27 heavy (non-hydrogen) atoms. The summed E-state index contributed by atoms with van der Waals surface area (Å²) in [5.41, 5.74) is 2.04. The maximum absolute atomic E-state index is 5.83. The summed E-state index contributed by atoms with van der Waals surface area (Å²) in [6, 6.07) is 11.8. The van der Waals surface area contributed by atoms with E-state index >= 15 is 0 Å². The fourth-order valence-corrected chi connectivity index (χ4v) is 2.54. The molecule has 0 saturated carbocycles. The van der Waals surface area contributed by atoms with Crippen LogP contribution in [-0.2, 0) is 6.42 Å². The van der Waals surface area contributed by atoms with Gasteiger partial charge in [0.15, 0.2) is 5.82 Å². The topological polar surface area (TPSA) is 76.1 Å². The van der Waals surface area contributed by atoms with Gasteiger partial charge in [-0.1, -0.05) is 12.1 Å². The highest BCUT2D eigenvalue weighted by Gasteiger charge is 2.10. The molecular formula is C20H24N6O. The standard InChI is InChI=1S/C20H24N6O/c1-15(2)27-18-7-5-4-6-17(18)23-20-24-19(14-22-25-20)26(3)13-10-16-8-11-21-12-9-16/h4-9,11-12,14-15H,10,13H2,1-3H3,(H,23,24,25). The lowest BCUT2D eigenvalue weighted by atomic mass is 10.2. The van der Waals surface area contributed by atoms with Gasteiger partial charge < -0.3 is 15.0 Å². The molecule has 1 aromatic carbocycles. The minimum Gasteiger partial charge on any atom is -0.489 e. The minimum absolute atomic E-state index is 0.0812. The predicted molar refractivity (Wildman–Crippen MR) is 107 cm³/mol. The van der Waals surface area contributed by atoms with E-state index in [4.69, 9.17) is 4.74 Å². The Hall–Kier alpha value is -3.22. The van der Waals surface area contributed by atoms with Crippen LogP contribution in [-0.4, -0.2) is 39.9 Å². The molecule has 7 heteroatoms. The van der Waals surface area contributed by atoms with Crippen LogP contribution in [0.4, 0.5) is 17.5 Å². The molecule has 0 aliphatic heterocycles. The van der Waals surface area contributed by atoms with E-state index in [1.54, 1.807) is 18.6 Å². The molecule has 140 valence electrons. The smallest absolute Gasteiger partial charge is 0.249 e. The molecule has 3 aromatic rings. The molecule has 0 saturated heterocycles. The van der Waals surface area contributed by atoms with Crippen molar-refractivity contribution in [1.29, 1.82) is 0 Å². The Balaban J connectivity index is 1.68. The van der Waals surface area contributed by atoms with Crippen LogP contribution in [0.5, 0.6) is 5.75 Å². The van der Waals surface area contributed by atoms with E-state index in [-0.39, 0.29) is 6.10 Å². The number of nitrogens with zero attached hydrogens (tertiary/aromatic N) is 5. The van der Waals surface area contributed by atoms with E-state index < -0.39 is 0 Å². The second kappa shape index (κ2) is 8.93. The zero-order valence-corrected chi connectivity index (χ0v) is 15.8. The number of nitrogens with one attached hydrogen (secondary N) is 1. The van der Waals surface area contributed by atoms with Gasteiger partial charge in [-0.25, -0.2) is 0 Å². The fraction of sp³-hybridized carbons (Fsp3) is 0.300. The van der Waals surface area contributed by atoms with Gasteiger partial charge in [-0.2, -0.15) is 10.1 Å². The van der Waals surface area contributed by atoms with Crippen molar-refractivity contribution < 1.29 is 4.74 Å². The Morgan fingerprint density at radius 1 is 1.11 bits per heavy atom. The van der Waals surface area contributed by atoms with E-state index in [9.17, 15) is 0 Å². The van der Waals surface area contributed by atoms with Crippen LogP contribution in [0.2, 0.25) is 0 Å². The van der Waals surface area contributed by atoms with Gasteiger partial charge >= 0.3 is 0 Å². The summed E-state index contributed by atoms with van der Waals surface area (Å²) in [4.78, 5) is 10.7. The maximum Gasteiger partial charge on any atom is 0.249 e. The van der Waals surface area contributed by atoms with Gasteiger partial charge in [0.1, 0.15) is 5.75 Å². The SMILES string of the molecule is CC(C)Oc1ccccc1Nc1nncc(N(C)CCc2ccncc2)n1. The highest BCUT2D eigenvalue weighted by atomic mass is 16.5. The van der Waals surface area contributed by atoms with Gasteiger partial charge in [-0.15, -0.1) is 5.10 Å². The summed E-state index contributed by atoms with van der Waals surface area (Å²) in [5, 5.41) is 11.4. The van der Waals surface area contributed by atoms with Crippen LogP contribution >= 0.6 is 0 Å². The molecule has 3 rings (SSSR count). The first-order valence-corrected chi connectivity index (χ1v) is 8.94. The summed E-state index contributed by atoms with van der Waals surface area (Å²) >= 11 is 0. The van der Waals surface area contributed by atoms with E-state index in [0.717, 1.165) is 30.2 Å². The lowest BCUT2D eigenvalue weighted by Crippen LogP contribution is -2.22. The number of rotatable bonds is 8. The molecule has 2 aromatic heterocycles. The maximum atomic E-state index is 5.83. The summed E-state index contributed by atoms with van der Waals surface area (Å²) in [6.45, 7) is 4.80. The van der Waals surface area contributed by atoms with Crippen molar-refractivity contribution in [3.63, 3.8) is 0 Å². The third kappa shape index (κ3) is 5.37. The number of pyridine rings is 1. The van der Waals surface area contributed by atoms with E-state index in [1.807, 2.05) is 57.3 Å². The van der Waals surface area contributed by atoms with Crippen LogP contribution in [0.25, 0.3) is 0 Å². The summed E-state index contributed by atoms with van der Waals surface area (Å²) in [6.07, 6.45) is 6.25. The Labute approximate surface area is 159 Å². The second-order valence-electron chi connectivity index (χ2n) is 6.45. The molecule has 0 fully saturated rings. The normalized spacial score (nSPS) is 10.7. The fourth-order valence-electron chi connectivity index (χ4n) is 2.54. The van der Waals surface area contributed by atoms with Gasteiger partial charge in [-0.05, 0) is 50.1 Å². The van der Waals surface area contributed by atoms with Crippen molar-refractivity contribution >= 4 is 17.5 Å². The van der Waals surface area contributed by atoms with E-state index in [0.29, 0.717) is 5.95 Å². The predicted octanol–water partition coefficient (Wildman–Crippen LogP) is 3.48. The first kappa shape index (κ1) is 18.6. The molecule has 1 N–H and O–H groups in total. The van der Waals surface area contributed by atoms with Crippen LogP contribution < -0.4 is 15.0 Å². The summed E-state index contributed by atoms with van der Waals surface area (Å²) in [5.74, 6) is 1.94. The van der Waals surface area contributed by atoms with E-state index in [1.165, 1.54) is 5.56 Å². The number of hydrogen-bond acceptors (Lipinski definition) is 7. The van der Waals surface area contributed by atoms with Crippen molar-refractivity contribution in [2.45, 2.75) is 26.4 Å². The zero-order chi connectivity index (χ0) is 19.1. The molecule has 0 aliphatic carbocycles. The quantitative estimate of drug-likeness (QED) is 0.656. The van der Waals surface area contributed by atoms with Gasteiger partial charge in [0.2, 0.25) is 5.95 Å². The van der Waals surface area contributed by atoms with Crippen molar-refractivity contribution in [2.75, 3.05) is 23.8 Å². The van der Waals surface area contributed by atoms with Crippen LogP contribution in [0.1, 0.15) is 19.4 Å². The third-order valence-corrected chi connectivity index (χ3v) is 3.92. The molecule has 0 unspecified atom stereocenters. The molecular weight excluding hydrogens is 340 g/mol. The molecule has 0 aliphatic rings. The summed E-state index contributed by atoms with van der Waals surface area (Å²) < 4.78 is 5.83. The van der Waals surface area contributed by atoms with Crippen molar-refractivity contribution in [3.8, 4) is 5.75 Å². The van der Waals surface area contributed by atoms with Crippen molar-refractivity contribution in [2.24, 2.45) is 0 Å². The van der Waals surface area contributed by atoms with E-state index in [2.05, 4.69) is 30.4 Å². The van der Waals surface area contributed by atoms with Gasteiger partial charge in [0.05, 0.1) is 18.0 Å². The molecule has 2 heterocycles. The Kier molecular flexibility index (Phi) is 6.14. The lowest BCUT2D eigenvalue weighted by Gasteiger charge is -2.18. The minimum atomic E-state index is 0.0812. The van der Waals surface area contributed by atoms with Gasteiger partial charge in [-0.3, -0.25) is 4.98 Å². The van der Waals surface area contributed by atoms with Crippen LogP contribution in [0, 0.1) is 0 Å². The monoisotopic (exact) mass is 364 g/mol. The Morgan fingerprint density at radius 2 is 1.89 bits per heavy atom. The summed E-state index contributed by atoms with van der Waals surface area (Å²) in [7, 11) is 1.99. The molecule has 0 spiro atoms. The number of ether oxygens (including phenoxy) is 1. The zero-order valence-electron chi connectivity index (χ0n) is 15.8. The third-order valence-electron chi connectivity index (χ3n) is 3.92. The number of hydrogen-bond donors (Lipinski definition) is 1. The second-order valence-corrected chi connectivity index (χ2v) is 6.45.